The molecule has 4 N–H and O–H groups in total. The van der Waals surface area contributed by atoms with Crippen LogP contribution in [-0.2, 0) is 0 Å². The van der Waals surface area contributed by atoms with E-state index in [1.165, 1.54) is 11.3 Å². The minimum absolute atomic E-state index is 0.208. The molecule has 0 aliphatic rings. The van der Waals surface area contributed by atoms with Gasteiger partial charge in [0.1, 0.15) is 0 Å². The van der Waals surface area contributed by atoms with Gasteiger partial charge in [0.05, 0.1) is 10.7 Å². The van der Waals surface area contributed by atoms with Crippen molar-refractivity contribution in [2.75, 3.05) is 16.1 Å². The summed E-state index contributed by atoms with van der Waals surface area (Å²) in [5, 5.41) is 8.10. The Morgan fingerprint density at radius 2 is 1.70 bits per heavy atom. The van der Waals surface area contributed by atoms with E-state index < -0.39 is 0 Å². The molecule has 8 heteroatoms. The number of urea groups is 1. The van der Waals surface area contributed by atoms with Crippen LogP contribution in [0.15, 0.2) is 41.8 Å². The number of benzene rings is 1. The summed E-state index contributed by atoms with van der Waals surface area (Å²) in [5.74, 6) is 0. The fourth-order valence-corrected chi connectivity index (χ4v) is 2.13. The van der Waals surface area contributed by atoms with E-state index >= 15 is 0 Å². The third kappa shape index (κ3) is 4.70. The lowest BCUT2D eigenvalue weighted by molar-refractivity contribution is 0.262. The molecule has 1 aromatic carbocycles. The first-order valence-electron chi connectivity index (χ1n) is 5.56. The van der Waals surface area contributed by atoms with Crippen LogP contribution < -0.4 is 21.5 Å². The molecule has 1 aromatic heterocycles. The third-order valence-electron chi connectivity index (χ3n) is 2.21. The number of nitrogens with one attached hydrogen (secondary N) is 4. The van der Waals surface area contributed by atoms with Gasteiger partial charge in [0.2, 0.25) is 0 Å². The molecule has 0 spiro atoms. The summed E-state index contributed by atoms with van der Waals surface area (Å²) in [6.45, 7) is 0. The zero-order valence-corrected chi connectivity index (χ0v) is 13.1. The monoisotopic (exact) mass is 402 g/mol. The number of amides is 3. The van der Waals surface area contributed by atoms with Crippen molar-refractivity contribution in [2.45, 2.75) is 0 Å². The molecule has 20 heavy (non-hydrogen) atoms. The van der Waals surface area contributed by atoms with Gasteiger partial charge in [-0.1, -0.05) is 0 Å². The average molecular weight is 402 g/mol. The standard InChI is InChI=1S/C12H11IN4O2S/c13-11(18)17-16-9-5-3-8(4-6-9)14-12(19)15-10-2-1-7-20-10/h1-7,16H,(H,17,18)(H2,14,15,19). The van der Waals surface area contributed by atoms with Crippen LogP contribution >= 0.6 is 33.9 Å². The Hall–Kier alpha value is -1.81. The van der Waals surface area contributed by atoms with Gasteiger partial charge < -0.3 is 5.32 Å². The number of thiophene rings is 1. The van der Waals surface area contributed by atoms with Crippen LogP contribution in [0.3, 0.4) is 0 Å². The van der Waals surface area contributed by atoms with Crippen LogP contribution in [0, 0.1) is 0 Å². The Bertz CT molecular complexity index is 586. The average Bonchev–Trinajstić information content (AvgIpc) is 2.90. The third-order valence-corrected chi connectivity index (χ3v) is 3.26. The van der Waals surface area contributed by atoms with Gasteiger partial charge in [0, 0.05) is 28.3 Å². The van der Waals surface area contributed by atoms with Crippen LogP contribution in [0.4, 0.5) is 26.0 Å². The molecule has 2 rings (SSSR count). The van der Waals surface area contributed by atoms with Gasteiger partial charge in [-0.05, 0) is 41.8 Å². The molecule has 0 saturated heterocycles. The number of carbonyl (C=O) groups excluding carboxylic acids is 2. The predicted molar refractivity (Wildman–Crippen MR) is 89.6 cm³/mol. The second-order valence-electron chi connectivity index (χ2n) is 3.66. The van der Waals surface area contributed by atoms with Crippen molar-refractivity contribution in [1.29, 1.82) is 0 Å². The minimum Gasteiger partial charge on any atom is -0.308 e. The van der Waals surface area contributed by atoms with Gasteiger partial charge >= 0.3 is 6.03 Å². The van der Waals surface area contributed by atoms with E-state index in [0.29, 0.717) is 5.69 Å². The maximum atomic E-state index is 11.7. The lowest BCUT2D eigenvalue weighted by Gasteiger charge is -2.08. The highest BCUT2D eigenvalue weighted by atomic mass is 127. The summed E-state index contributed by atoms with van der Waals surface area (Å²) in [7, 11) is 0. The number of halogens is 1. The fraction of sp³-hybridized carbons (Fsp3) is 0. The van der Waals surface area contributed by atoms with Gasteiger partial charge in [-0.15, -0.1) is 11.3 Å². The Labute approximate surface area is 133 Å². The molecular formula is C12H11IN4O2S. The molecule has 0 aliphatic heterocycles. The number of hydrogen-bond donors (Lipinski definition) is 4. The largest absolute Gasteiger partial charge is 0.324 e. The molecule has 2 aromatic rings. The van der Waals surface area contributed by atoms with Gasteiger partial charge in [-0.2, -0.15) is 0 Å². The number of hydrogen-bond acceptors (Lipinski definition) is 4. The first-order valence-corrected chi connectivity index (χ1v) is 7.52. The minimum atomic E-state index is -0.297. The van der Waals surface area contributed by atoms with E-state index in [4.69, 9.17) is 0 Å². The van der Waals surface area contributed by atoms with E-state index in [2.05, 4.69) is 21.5 Å². The highest BCUT2D eigenvalue weighted by molar-refractivity contribution is 14.1. The van der Waals surface area contributed by atoms with Gasteiger partial charge in [0.25, 0.3) is 3.91 Å². The second kappa shape index (κ2) is 7.10. The maximum Gasteiger partial charge on any atom is 0.324 e. The lowest BCUT2D eigenvalue weighted by Crippen LogP contribution is -2.23. The molecule has 6 nitrogen and oxygen atoms in total. The quantitative estimate of drug-likeness (QED) is 0.271. The molecule has 3 amide bonds. The topological polar surface area (TPSA) is 82.3 Å². The molecule has 0 unspecified atom stereocenters. The summed E-state index contributed by atoms with van der Waals surface area (Å²) in [4.78, 5) is 22.4. The summed E-state index contributed by atoms with van der Waals surface area (Å²) >= 11 is 3.08. The summed E-state index contributed by atoms with van der Waals surface area (Å²) in [5.41, 5.74) is 6.56. The van der Waals surface area contributed by atoms with Crippen LogP contribution in [0.5, 0.6) is 0 Å². The van der Waals surface area contributed by atoms with Crippen LogP contribution in [-0.4, -0.2) is 9.95 Å². The Morgan fingerprint density at radius 3 is 2.30 bits per heavy atom. The SMILES string of the molecule is O=C(I)NNc1ccc(NC(=O)Nc2cccs2)cc1. The molecule has 0 atom stereocenters. The van der Waals surface area contributed by atoms with E-state index in [1.807, 2.05) is 17.5 Å². The number of hydrazine groups is 1. The van der Waals surface area contributed by atoms with Crippen molar-refractivity contribution in [3.05, 3.63) is 41.8 Å². The number of carbonyl (C=O) groups is 2. The van der Waals surface area contributed by atoms with Gasteiger partial charge in [-0.25, -0.2) is 4.79 Å². The summed E-state index contributed by atoms with van der Waals surface area (Å²) in [6, 6.07) is 10.3. The summed E-state index contributed by atoms with van der Waals surface area (Å²) in [6.07, 6.45) is 0. The van der Waals surface area contributed by atoms with Crippen molar-refractivity contribution >= 4 is 60.2 Å². The zero-order chi connectivity index (χ0) is 14.4. The molecular weight excluding hydrogens is 391 g/mol. The lowest BCUT2D eigenvalue weighted by atomic mass is 10.3. The number of rotatable bonds is 4. The zero-order valence-electron chi connectivity index (χ0n) is 10.1. The van der Waals surface area contributed by atoms with Crippen LogP contribution in [0.25, 0.3) is 0 Å². The predicted octanol–water partition coefficient (Wildman–Crippen LogP) is 3.86. The van der Waals surface area contributed by atoms with E-state index in [1.54, 1.807) is 46.9 Å². The van der Waals surface area contributed by atoms with Crippen molar-refractivity contribution in [1.82, 2.24) is 5.43 Å². The molecule has 0 bridgehead atoms. The summed E-state index contributed by atoms with van der Waals surface area (Å²) < 4.78 is -0.208. The van der Waals surface area contributed by atoms with Crippen LogP contribution in [0.2, 0.25) is 0 Å². The Morgan fingerprint density at radius 1 is 1.00 bits per heavy atom. The molecule has 1 heterocycles. The first kappa shape index (κ1) is 14.6. The van der Waals surface area contributed by atoms with Crippen LogP contribution in [0.1, 0.15) is 0 Å². The van der Waals surface area contributed by atoms with E-state index in [0.717, 1.165) is 10.7 Å². The van der Waals surface area contributed by atoms with Gasteiger partial charge in [-0.3, -0.25) is 21.0 Å². The second-order valence-corrected chi connectivity index (χ2v) is 5.58. The smallest absolute Gasteiger partial charge is 0.308 e. The maximum absolute atomic E-state index is 11.7. The number of anilines is 3. The van der Waals surface area contributed by atoms with E-state index in [9.17, 15) is 9.59 Å². The van der Waals surface area contributed by atoms with Crippen molar-refractivity contribution in [3.8, 4) is 0 Å². The highest BCUT2D eigenvalue weighted by Crippen LogP contribution is 2.16. The van der Waals surface area contributed by atoms with Crippen molar-refractivity contribution < 1.29 is 9.59 Å². The highest BCUT2D eigenvalue weighted by Gasteiger charge is 2.03. The molecule has 104 valence electrons. The molecule has 0 fully saturated rings. The molecule has 0 aliphatic carbocycles. The van der Waals surface area contributed by atoms with Gasteiger partial charge in [0.15, 0.2) is 0 Å². The van der Waals surface area contributed by atoms with Crippen molar-refractivity contribution in [3.63, 3.8) is 0 Å². The first-order chi connectivity index (χ1) is 9.63. The molecule has 0 radical (unpaired) electrons. The fourth-order valence-electron chi connectivity index (χ4n) is 1.38. The van der Waals surface area contributed by atoms with E-state index in [-0.39, 0.29) is 9.95 Å². The Kier molecular flexibility index (Phi) is 5.18. The van der Waals surface area contributed by atoms with Crippen molar-refractivity contribution in [2.24, 2.45) is 0 Å². The Balaban J connectivity index is 1.86. The normalized spacial score (nSPS) is 9.65. The molecule has 0 saturated carbocycles.